The number of carbonyl (C=O) groups is 1. The van der Waals surface area contributed by atoms with Crippen molar-refractivity contribution < 1.29 is 22.7 Å². The minimum atomic E-state index is -3.58. The Morgan fingerprint density at radius 1 is 0.882 bits per heavy atom. The molecule has 3 aromatic rings. The number of ether oxygens (including phenoxy) is 2. The van der Waals surface area contributed by atoms with Crippen LogP contribution >= 0.6 is 0 Å². The molecule has 0 bridgehead atoms. The summed E-state index contributed by atoms with van der Waals surface area (Å²) in [6, 6.07) is 25.3. The summed E-state index contributed by atoms with van der Waals surface area (Å²) < 4.78 is 38.0. The lowest BCUT2D eigenvalue weighted by Crippen LogP contribution is -2.40. The smallest absolute Gasteiger partial charge is 0.261 e. The lowest BCUT2D eigenvalue weighted by atomic mass is 9.98. The summed E-state index contributed by atoms with van der Waals surface area (Å²) in [5.41, 5.74) is 1.93. The monoisotopic (exact) mass is 480 g/mol. The second-order valence-electron chi connectivity index (χ2n) is 8.01. The van der Waals surface area contributed by atoms with E-state index in [1.807, 2.05) is 60.7 Å². The van der Waals surface area contributed by atoms with Gasteiger partial charge in [-0.3, -0.25) is 4.79 Å². The van der Waals surface area contributed by atoms with E-state index in [4.69, 9.17) is 9.47 Å². The fourth-order valence-corrected chi connectivity index (χ4v) is 5.20. The van der Waals surface area contributed by atoms with Gasteiger partial charge in [0, 0.05) is 13.1 Å². The molecule has 0 saturated carbocycles. The summed E-state index contributed by atoms with van der Waals surface area (Å²) in [4.78, 5) is 13.2. The molecule has 1 fully saturated rings. The third kappa shape index (κ3) is 5.64. The second-order valence-corrected chi connectivity index (χ2v) is 9.95. The van der Waals surface area contributed by atoms with Gasteiger partial charge in [-0.25, -0.2) is 8.42 Å². The number of benzene rings is 3. The number of nitrogens with one attached hydrogen (secondary N) is 1. The van der Waals surface area contributed by atoms with E-state index in [2.05, 4.69) is 5.32 Å². The van der Waals surface area contributed by atoms with Crippen molar-refractivity contribution in [2.75, 3.05) is 26.3 Å². The van der Waals surface area contributed by atoms with Gasteiger partial charge in [0.15, 0.2) is 6.10 Å². The molecule has 1 unspecified atom stereocenters. The molecule has 0 spiro atoms. The van der Waals surface area contributed by atoms with Crippen LogP contribution in [0, 0.1) is 0 Å². The van der Waals surface area contributed by atoms with Crippen LogP contribution in [0.2, 0.25) is 0 Å². The fraction of sp³-hybridized carbons (Fsp3) is 0.269. The minimum absolute atomic E-state index is 0.187. The Hall–Kier alpha value is -3.20. The SMILES string of the molecule is CC(Oc1ccc(S(=O)(=O)N2CCOCC2)cc1)C(=O)NC(c1ccccc1)c1ccccc1. The number of morpholine rings is 1. The van der Waals surface area contributed by atoms with Crippen LogP contribution < -0.4 is 10.1 Å². The molecule has 0 aromatic heterocycles. The Balaban J connectivity index is 1.43. The lowest BCUT2D eigenvalue weighted by molar-refractivity contribution is -0.127. The van der Waals surface area contributed by atoms with Crippen molar-refractivity contribution in [2.45, 2.75) is 24.0 Å². The van der Waals surface area contributed by atoms with Crippen molar-refractivity contribution in [3.63, 3.8) is 0 Å². The van der Waals surface area contributed by atoms with Crippen molar-refractivity contribution in [3.8, 4) is 5.75 Å². The van der Waals surface area contributed by atoms with Crippen molar-refractivity contribution >= 4 is 15.9 Å². The van der Waals surface area contributed by atoms with Crippen LogP contribution in [0.4, 0.5) is 0 Å². The predicted molar refractivity (Wildman–Crippen MR) is 129 cm³/mol. The maximum absolute atomic E-state index is 13.0. The van der Waals surface area contributed by atoms with Crippen LogP contribution in [0.5, 0.6) is 5.75 Å². The molecule has 1 saturated heterocycles. The number of carbonyl (C=O) groups excluding carboxylic acids is 1. The first kappa shape index (κ1) is 23.9. The van der Waals surface area contributed by atoms with Crippen LogP contribution in [0.15, 0.2) is 89.8 Å². The van der Waals surface area contributed by atoms with Crippen LogP contribution in [0.25, 0.3) is 0 Å². The van der Waals surface area contributed by atoms with E-state index in [1.165, 1.54) is 16.4 Å². The van der Waals surface area contributed by atoms with E-state index in [1.54, 1.807) is 19.1 Å². The van der Waals surface area contributed by atoms with Crippen molar-refractivity contribution in [3.05, 3.63) is 96.1 Å². The standard InChI is InChI=1S/C26H28N2O5S/c1-20(26(29)27-25(21-8-4-2-5-9-21)22-10-6-3-7-11-22)33-23-12-14-24(15-13-23)34(30,31)28-16-18-32-19-17-28/h2-15,20,25H,16-19H2,1H3,(H,27,29). The zero-order valence-electron chi connectivity index (χ0n) is 19.0. The lowest BCUT2D eigenvalue weighted by Gasteiger charge is -2.26. The normalized spacial score (nSPS) is 15.6. The molecule has 0 aliphatic carbocycles. The molecule has 1 aliphatic rings. The Morgan fingerprint density at radius 3 is 1.94 bits per heavy atom. The topological polar surface area (TPSA) is 84.9 Å². The van der Waals surface area contributed by atoms with Gasteiger partial charge in [0.1, 0.15) is 5.75 Å². The summed E-state index contributed by atoms with van der Waals surface area (Å²) in [5.74, 6) is 0.141. The highest BCUT2D eigenvalue weighted by atomic mass is 32.2. The highest BCUT2D eigenvalue weighted by molar-refractivity contribution is 7.89. The number of hydrogen-bond donors (Lipinski definition) is 1. The minimum Gasteiger partial charge on any atom is -0.481 e. The average molecular weight is 481 g/mol. The van der Waals surface area contributed by atoms with Gasteiger partial charge < -0.3 is 14.8 Å². The summed E-state index contributed by atoms with van der Waals surface area (Å²) in [6.45, 7) is 3.12. The molecule has 1 heterocycles. The van der Waals surface area contributed by atoms with Crippen LogP contribution in [0.3, 0.4) is 0 Å². The zero-order chi connectivity index (χ0) is 24.0. The molecule has 1 aliphatic heterocycles. The predicted octanol–water partition coefficient (Wildman–Crippen LogP) is 3.38. The van der Waals surface area contributed by atoms with Crippen LogP contribution in [-0.2, 0) is 19.6 Å². The van der Waals surface area contributed by atoms with E-state index in [0.717, 1.165) is 11.1 Å². The molecule has 34 heavy (non-hydrogen) atoms. The third-order valence-electron chi connectivity index (χ3n) is 5.67. The number of rotatable bonds is 8. The van der Waals surface area contributed by atoms with Gasteiger partial charge in [-0.1, -0.05) is 60.7 Å². The van der Waals surface area contributed by atoms with Gasteiger partial charge in [0.25, 0.3) is 5.91 Å². The second kappa shape index (κ2) is 10.8. The molecule has 7 nitrogen and oxygen atoms in total. The number of sulfonamides is 1. The summed E-state index contributed by atoms with van der Waals surface area (Å²) >= 11 is 0. The van der Waals surface area contributed by atoms with Crippen molar-refractivity contribution in [1.82, 2.24) is 9.62 Å². The first-order chi connectivity index (χ1) is 16.4. The van der Waals surface area contributed by atoms with Gasteiger partial charge in [0.05, 0.1) is 24.2 Å². The van der Waals surface area contributed by atoms with E-state index >= 15 is 0 Å². The van der Waals surface area contributed by atoms with Crippen molar-refractivity contribution in [1.29, 1.82) is 0 Å². The average Bonchev–Trinajstić information content (AvgIpc) is 2.89. The summed E-state index contributed by atoms with van der Waals surface area (Å²) in [5, 5.41) is 3.07. The highest BCUT2D eigenvalue weighted by Crippen LogP contribution is 2.24. The van der Waals surface area contributed by atoms with Gasteiger partial charge in [-0.05, 0) is 42.3 Å². The maximum Gasteiger partial charge on any atom is 0.261 e. The van der Waals surface area contributed by atoms with Gasteiger partial charge >= 0.3 is 0 Å². The summed E-state index contributed by atoms with van der Waals surface area (Å²) in [7, 11) is -3.58. The van der Waals surface area contributed by atoms with E-state index < -0.39 is 16.1 Å². The molecule has 8 heteroatoms. The molecule has 4 rings (SSSR count). The van der Waals surface area contributed by atoms with Crippen LogP contribution in [0.1, 0.15) is 24.1 Å². The van der Waals surface area contributed by atoms with Crippen molar-refractivity contribution in [2.24, 2.45) is 0 Å². The fourth-order valence-electron chi connectivity index (χ4n) is 3.79. The van der Waals surface area contributed by atoms with Gasteiger partial charge in [-0.2, -0.15) is 4.31 Å². The van der Waals surface area contributed by atoms with E-state index in [9.17, 15) is 13.2 Å². The van der Waals surface area contributed by atoms with E-state index in [0.29, 0.717) is 32.1 Å². The number of nitrogens with zero attached hydrogens (tertiary/aromatic N) is 1. The zero-order valence-corrected chi connectivity index (χ0v) is 19.8. The molecule has 1 N–H and O–H groups in total. The maximum atomic E-state index is 13.0. The Labute approximate surface area is 200 Å². The molecular formula is C26H28N2O5S. The third-order valence-corrected chi connectivity index (χ3v) is 7.58. The first-order valence-corrected chi connectivity index (χ1v) is 12.6. The Bertz CT molecular complexity index is 1140. The van der Waals surface area contributed by atoms with Gasteiger partial charge in [0.2, 0.25) is 10.0 Å². The number of amides is 1. The highest BCUT2D eigenvalue weighted by Gasteiger charge is 2.26. The molecular weight excluding hydrogens is 452 g/mol. The Morgan fingerprint density at radius 2 is 1.41 bits per heavy atom. The molecule has 178 valence electrons. The summed E-state index contributed by atoms with van der Waals surface area (Å²) in [6.07, 6.45) is -0.781. The Kier molecular flexibility index (Phi) is 7.62. The van der Waals surface area contributed by atoms with Crippen LogP contribution in [-0.4, -0.2) is 51.0 Å². The van der Waals surface area contributed by atoms with Gasteiger partial charge in [-0.15, -0.1) is 0 Å². The molecule has 3 aromatic carbocycles. The number of hydrogen-bond acceptors (Lipinski definition) is 5. The molecule has 1 amide bonds. The van der Waals surface area contributed by atoms with E-state index in [-0.39, 0.29) is 16.8 Å². The quantitative estimate of drug-likeness (QED) is 0.534. The largest absolute Gasteiger partial charge is 0.481 e. The first-order valence-electron chi connectivity index (χ1n) is 11.2. The molecule has 0 radical (unpaired) electrons. The molecule has 1 atom stereocenters.